The van der Waals surface area contributed by atoms with Crippen molar-refractivity contribution in [1.29, 1.82) is 0 Å². The van der Waals surface area contributed by atoms with Crippen LogP contribution in [0.2, 0.25) is 0 Å². The quantitative estimate of drug-likeness (QED) is 0.784. The Morgan fingerprint density at radius 1 is 1.00 bits per heavy atom. The summed E-state index contributed by atoms with van der Waals surface area (Å²) >= 11 is 0. The van der Waals surface area contributed by atoms with Crippen LogP contribution in [0.3, 0.4) is 0 Å². The van der Waals surface area contributed by atoms with Crippen molar-refractivity contribution in [3.63, 3.8) is 0 Å². The van der Waals surface area contributed by atoms with Gasteiger partial charge in [-0.25, -0.2) is 0 Å². The first-order chi connectivity index (χ1) is 12.5. The fourth-order valence-electron chi connectivity index (χ4n) is 7.11. The van der Waals surface area contributed by atoms with Gasteiger partial charge in [-0.15, -0.1) is 0 Å². The minimum Gasteiger partial charge on any atom is -0.350 e. The van der Waals surface area contributed by atoms with Crippen molar-refractivity contribution in [2.75, 3.05) is 13.1 Å². The molecule has 1 aliphatic heterocycles. The summed E-state index contributed by atoms with van der Waals surface area (Å²) < 4.78 is 0. The van der Waals surface area contributed by atoms with Crippen molar-refractivity contribution in [1.82, 2.24) is 10.2 Å². The highest BCUT2D eigenvalue weighted by atomic mass is 16.2. The average molecular weight is 361 g/mol. The molecular formula is C23H40N2O. The van der Waals surface area contributed by atoms with Crippen molar-refractivity contribution in [3.05, 3.63) is 0 Å². The zero-order valence-electron chi connectivity index (χ0n) is 17.1. The number of rotatable bonds is 4. The molecule has 0 spiro atoms. The maximum Gasteiger partial charge on any atom is 0.237 e. The number of carbonyl (C=O) groups is 1. The standard InChI is InChI=1S/C23H40N2O/c1-17-11-19-13-20(12-17)15-23(2,14-19)24-22(26)21-9-6-10-25(21)16-18-7-4-3-5-8-18/h17-21H,3-16H2,1-2H3,(H,24,26). The summed E-state index contributed by atoms with van der Waals surface area (Å²) in [4.78, 5) is 15.7. The van der Waals surface area contributed by atoms with Crippen molar-refractivity contribution < 1.29 is 4.79 Å². The van der Waals surface area contributed by atoms with Crippen LogP contribution in [0.5, 0.6) is 0 Å². The Morgan fingerprint density at radius 2 is 1.69 bits per heavy atom. The van der Waals surface area contributed by atoms with Crippen molar-refractivity contribution in [3.8, 4) is 0 Å². The van der Waals surface area contributed by atoms with Crippen LogP contribution in [-0.4, -0.2) is 35.5 Å². The van der Waals surface area contributed by atoms with E-state index in [1.165, 1.54) is 70.6 Å². The van der Waals surface area contributed by atoms with Gasteiger partial charge in [-0.2, -0.15) is 0 Å². The highest BCUT2D eigenvalue weighted by Crippen LogP contribution is 2.46. The van der Waals surface area contributed by atoms with Gasteiger partial charge >= 0.3 is 0 Å². The van der Waals surface area contributed by atoms with Gasteiger partial charge in [0.15, 0.2) is 0 Å². The minimum absolute atomic E-state index is 0.0455. The second-order valence-corrected chi connectivity index (χ2v) is 10.7. The van der Waals surface area contributed by atoms with Crippen LogP contribution in [0.25, 0.3) is 0 Å². The van der Waals surface area contributed by atoms with Gasteiger partial charge in [-0.3, -0.25) is 9.69 Å². The van der Waals surface area contributed by atoms with E-state index in [0.29, 0.717) is 5.91 Å². The second-order valence-electron chi connectivity index (χ2n) is 10.7. The smallest absolute Gasteiger partial charge is 0.237 e. The Kier molecular flexibility index (Phi) is 5.64. The molecule has 2 bridgehead atoms. The maximum atomic E-state index is 13.2. The van der Waals surface area contributed by atoms with E-state index in [9.17, 15) is 4.79 Å². The number of hydrogen-bond acceptors (Lipinski definition) is 2. The van der Waals surface area contributed by atoms with Crippen molar-refractivity contribution in [2.24, 2.45) is 23.7 Å². The third kappa shape index (κ3) is 4.29. The normalized spacial score (nSPS) is 41.9. The third-order valence-electron chi connectivity index (χ3n) is 7.93. The molecule has 1 heterocycles. The molecule has 0 aromatic carbocycles. The lowest BCUT2D eigenvalue weighted by Gasteiger charge is -2.48. The molecule has 3 nitrogen and oxygen atoms in total. The third-order valence-corrected chi connectivity index (χ3v) is 7.93. The summed E-state index contributed by atoms with van der Waals surface area (Å²) in [6, 6.07) is 0.148. The van der Waals surface area contributed by atoms with E-state index >= 15 is 0 Å². The van der Waals surface area contributed by atoms with Gasteiger partial charge in [0, 0.05) is 12.1 Å². The zero-order chi connectivity index (χ0) is 18.1. The molecule has 4 fully saturated rings. The Labute approximate surface area is 160 Å². The summed E-state index contributed by atoms with van der Waals surface area (Å²) in [6.45, 7) is 7.05. The first-order valence-corrected chi connectivity index (χ1v) is 11.6. The fourth-order valence-corrected chi connectivity index (χ4v) is 7.11. The molecule has 0 aromatic heterocycles. The molecule has 3 saturated carbocycles. The number of amides is 1. The molecule has 4 aliphatic rings. The molecule has 1 saturated heterocycles. The monoisotopic (exact) mass is 360 g/mol. The minimum atomic E-state index is 0.0455. The first-order valence-electron chi connectivity index (χ1n) is 11.6. The molecular weight excluding hydrogens is 320 g/mol. The molecule has 3 unspecified atom stereocenters. The lowest BCUT2D eigenvalue weighted by atomic mass is 9.62. The average Bonchev–Trinajstić information content (AvgIpc) is 3.02. The predicted molar refractivity (Wildman–Crippen MR) is 107 cm³/mol. The van der Waals surface area contributed by atoms with Crippen LogP contribution >= 0.6 is 0 Å². The van der Waals surface area contributed by atoms with Gasteiger partial charge in [0.1, 0.15) is 0 Å². The molecule has 0 aromatic rings. The molecule has 3 atom stereocenters. The topological polar surface area (TPSA) is 32.3 Å². The largest absolute Gasteiger partial charge is 0.350 e. The SMILES string of the molecule is CC1CC2CC(C1)CC(C)(NC(=O)C1CCCN1CC1CCCCC1)C2. The first kappa shape index (κ1) is 18.8. The number of nitrogens with one attached hydrogen (secondary N) is 1. The lowest BCUT2D eigenvalue weighted by Crippen LogP contribution is -2.56. The summed E-state index contributed by atoms with van der Waals surface area (Å²) in [6.07, 6.45) is 15.8. The van der Waals surface area contributed by atoms with E-state index in [0.717, 1.165) is 43.2 Å². The highest BCUT2D eigenvalue weighted by Gasteiger charge is 2.43. The summed E-state index contributed by atoms with van der Waals surface area (Å²) in [5.41, 5.74) is 0.0455. The molecule has 3 aliphatic carbocycles. The molecule has 3 heteroatoms. The molecule has 1 N–H and O–H groups in total. The Morgan fingerprint density at radius 3 is 2.38 bits per heavy atom. The predicted octanol–water partition coefficient (Wildman–Crippen LogP) is 4.75. The maximum absolute atomic E-state index is 13.2. The second kappa shape index (κ2) is 7.81. The van der Waals surface area contributed by atoms with E-state index in [4.69, 9.17) is 0 Å². The van der Waals surface area contributed by atoms with Gasteiger partial charge in [-0.05, 0) is 94.9 Å². The Balaban J connectivity index is 1.34. The van der Waals surface area contributed by atoms with Crippen LogP contribution < -0.4 is 5.32 Å². The Bertz CT molecular complexity index is 480. The van der Waals surface area contributed by atoms with Crippen LogP contribution in [0.4, 0.5) is 0 Å². The zero-order valence-corrected chi connectivity index (χ0v) is 17.1. The number of nitrogens with zero attached hydrogens (tertiary/aromatic N) is 1. The van der Waals surface area contributed by atoms with Gasteiger partial charge in [0.05, 0.1) is 6.04 Å². The van der Waals surface area contributed by atoms with Crippen LogP contribution in [0.15, 0.2) is 0 Å². The summed E-state index contributed by atoms with van der Waals surface area (Å²) in [5, 5.41) is 3.57. The van der Waals surface area contributed by atoms with E-state index in [2.05, 4.69) is 24.1 Å². The number of likely N-dealkylation sites (tertiary alicyclic amines) is 1. The fraction of sp³-hybridized carbons (Fsp3) is 0.957. The van der Waals surface area contributed by atoms with Crippen molar-refractivity contribution >= 4 is 5.91 Å². The number of carbonyl (C=O) groups excluding carboxylic acids is 1. The van der Waals surface area contributed by atoms with Gasteiger partial charge in [0.25, 0.3) is 0 Å². The van der Waals surface area contributed by atoms with E-state index < -0.39 is 0 Å². The highest BCUT2D eigenvalue weighted by molar-refractivity contribution is 5.82. The lowest BCUT2D eigenvalue weighted by molar-refractivity contribution is -0.128. The van der Waals surface area contributed by atoms with Crippen LogP contribution in [0, 0.1) is 23.7 Å². The summed E-state index contributed by atoms with van der Waals surface area (Å²) in [5.74, 6) is 3.74. The molecule has 26 heavy (non-hydrogen) atoms. The van der Waals surface area contributed by atoms with Gasteiger partial charge < -0.3 is 5.32 Å². The van der Waals surface area contributed by atoms with Gasteiger partial charge in [0.2, 0.25) is 5.91 Å². The van der Waals surface area contributed by atoms with E-state index in [1.807, 2.05) is 0 Å². The molecule has 0 radical (unpaired) electrons. The molecule has 148 valence electrons. The van der Waals surface area contributed by atoms with Crippen molar-refractivity contribution in [2.45, 2.75) is 102 Å². The molecule has 4 rings (SSSR count). The molecule has 1 amide bonds. The van der Waals surface area contributed by atoms with Crippen LogP contribution in [0.1, 0.15) is 90.9 Å². The number of fused-ring (bicyclic) bond motifs is 2. The van der Waals surface area contributed by atoms with E-state index in [-0.39, 0.29) is 11.6 Å². The Hall–Kier alpha value is -0.570. The summed E-state index contributed by atoms with van der Waals surface area (Å²) in [7, 11) is 0. The number of hydrogen-bond donors (Lipinski definition) is 1. The van der Waals surface area contributed by atoms with Crippen LogP contribution in [-0.2, 0) is 4.79 Å². The van der Waals surface area contributed by atoms with Gasteiger partial charge in [-0.1, -0.05) is 26.2 Å². The van der Waals surface area contributed by atoms with E-state index in [1.54, 1.807) is 0 Å².